The summed E-state index contributed by atoms with van der Waals surface area (Å²) in [6.07, 6.45) is 6.09. The molecule has 0 radical (unpaired) electrons. The van der Waals surface area contributed by atoms with Crippen LogP contribution in [0.1, 0.15) is 99.6 Å². The summed E-state index contributed by atoms with van der Waals surface area (Å²) in [4.78, 5) is 0. The van der Waals surface area contributed by atoms with Gasteiger partial charge in [0.1, 0.15) is 0 Å². The van der Waals surface area contributed by atoms with Gasteiger partial charge in [0.2, 0.25) is 0 Å². The van der Waals surface area contributed by atoms with Crippen molar-refractivity contribution in [1.82, 2.24) is 5.32 Å². The van der Waals surface area contributed by atoms with Gasteiger partial charge in [-0.25, -0.2) is 0 Å². The van der Waals surface area contributed by atoms with Crippen LogP contribution in [0.25, 0.3) is 0 Å². The highest BCUT2D eigenvalue weighted by Gasteiger charge is 2.41. The Morgan fingerprint density at radius 2 is 1.00 bits per heavy atom. The fraction of sp³-hybridized carbons (Fsp3) is 0.442. The van der Waals surface area contributed by atoms with E-state index in [1.807, 2.05) is 0 Å². The van der Waals surface area contributed by atoms with E-state index in [1.54, 1.807) is 0 Å². The van der Waals surface area contributed by atoms with Gasteiger partial charge in [0.15, 0.2) is 0 Å². The van der Waals surface area contributed by atoms with Crippen LogP contribution in [0.15, 0.2) is 84.9 Å². The molecule has 0 aromatic heterocycles. The summed E-state index contributed by atoms with van der Waals surface area (Å²) < 4.78 is 13.3. The van der Waals surface area contributed by atoms with Crippen LogP contribution in [0.3, 0.4) is 0 Å². The third-order valence-electron chi connectivity index (χ3n) is 10.7. The van der Waals surface area contributed by atoms with Crippen molar-refractivity contribution in [3.05, 3.63) is 141 Å². The van der Waals surface area contributed by atoms with Gasteiger partial charge in [-0.2, -0.15) is 0 Å². The molecule has 3 heteroatoms. The van der Waals surface area contributed by atoms with E-state index in [4.69, 9.17) is 9.47 Å². The molecule has 0 amide bonds. The van der Waals surface area contributed by atoms with Crippen molar-refractivity contribution in [1.29, 1.82) is 0 Å². The fourth-order valence-electron chi connectivity index (χ4n) is 7.72. The maximum atomic E-state index is 6.71. The van der Waals surface area contributed by atoms with Crippen LogP contribution < -0.4 is 5.32 Å². The molecule has 244 valence electrons. The maximum Gasteiger partial charge on any atom is 0.0722 e. The lowest BCUT2D eigenvalue weighted by Gasteiger charge is -2.46. The Kier molecular flexibility index (Phi) is 11.9. The van der Waals surface area contributed by atoms with Gasteiger partial charge >= 0.3 is 0 Å². The van der Waals surface area contributed by atoms with Crippen LogP contribution >= 0.6 is 0 Å². The number of ether oxygens (including phenoxy) is 2. The summed E-state index contributed by atoms with van der Waals surface area (Å²) in [5.41, 5.74) is 13.3. The first-order valence-corrected chi connectivity index (χ1v) is 17.4. The van der Waals surface area contributed by atoms with Crippen LogP contribution in [-0.2, 0) is 22.7 Å². The van der Waals surface area contributed by atoms with Crippen molar-refractivity contribution in [2.24, 2.45) is 0 Å². The summed E-state index contributed by atoms with van der Waals surface area (Å²) >= 11 is 0. The maximum absolute atomic E-state index is 6.71. The number of hydrogen-bond donors (Lipinski definition) is 1. The minimum atomic E-state index is -0.0430. The van der Waals surface area contributed by atoms with E-state index in [2.05, 4.69) is 132 Å². The molecule has 1 fully saturated rings. The first-order chi connectivity index (χ1) is 22.3. The molecule has 0 heterocycles. The molecule has 1 saturated carbocycles. The molecule has 0 saturated heterocycles. The third kappa shape index (κ3) is 8.18. The van der Waals surface area contributed by atoms with Crippen LogP contribution in [0.5, 0.6) is 0 Å². The zero-order valence-electron chi connectivity index (χ0n) is 29.1. The molecule has 5 rings (SSSR count). The van der Waals surface area contributed by atoms with Crippen LogP contribution in [0.4, 0.5) is 0 Å². The van der Waals surface area contributed by atoms with E-state index >= 15 is 0 Å². The van der Waals surface area contributed by atoms with Crippen molar-refractivity contribution in [3.8, 4) is 0 Å². The topological polar surface area (TPSA) is 30.5 Å². The van der Waals surface area contributed by atoms with Crippen LogP contribution in [-0.4, -0.2) is 25.3 Å². The lowest BCUT2D eigenvalue weighted by atomic mass is 9.69. The van der Waals surface area contributed by atoms with Gasteiger partial charge in [-0.05, 0) is 110 Å². The van der Waals surface area contributed by atoms with Gasteiger partial charge in [-0.1, -0.05) is 104 Å². The first-order valence-electron chi connectivity index (χ1n) is 17.4. The molecule has 2 atom stereocenters. The largest absolute Gasteiger partial charge is 0.376 e. The van der Waals surface area contributed by atoms with E-state index in [9.17, 15) is 0 Å². The molecule has 46 heavy (non-hydrogen) atoms. The van der Waals surface area contributed by atoms with Crippen LogP contribution in [0.2, 0.25) is 0 Å². The number of nitrogens with one attached hydrogen (secondary N) is 1. The Hall–Kier alpha value is -3.24. The van der Waals surface area contributed by atoms with Crippen molar-refractivity contribution in [3.63, 3.8) is 0 Å². The standard InChI is InChI=1S/C43H55NO2/c1-31-16-8-10-22-38(31)37(27-45-28-40-33(3)18-14-19-34(40)4)26-44-43(24-12-7-13-25-43)42(39-23-11-9-17-32(39)2)30-46-29-41-35(5)20-15-21-36(41)6/h8-11,14-23,37,42,44H,7,12-13,24-30H2,1-6H3. The molecular formula is C43H55NO2. The molecule has 1 aliphatic carbocycles. The molecule has 2 unspecified atom stereocenters. The highest BCUT2D eigenvalue weighted by molar-refractivity contribution is 5.36. The smallest absolute Gasteiger partial charge is 0.0722 e. The molecule has 0 spiro atoms. The summed E-state index contributed by atoms with van der Waals surface area (Å²) in [6, 6.07) is 30.9. The SMILES string of the molecule is Cc1ccccc1C(CNC1(C(COCc2c(C)cccc2C)c2ccccc2C)CCCCC1)COCc1c(C)cccc1C. The Balaban J connectivity index is 1.41. The van der Waals surface area contributed by atoms with E-state index in [0.29, 0.717) is 26.4 Å². The van der Waals surface area contributed by atoms with Gasteiger partial charge in [0.05, 0.1) is 26.4 Å². The third-order valence-corrected chi connectivity index (χ3v) is 10.7. The minimum Gasteiger partial charge on any atom is -0.376 e. The number of hydrogen-bond acceptors (Lipinski definition) is 3. The molecule has 0 aliphatic heterocycles. The first kappa shape index (κ1) is 34.1. The number of benzene rings is 4. The highest BCUT2D eigenvalue weighted by Crippen LogP contribution is 2.42. The van der Waals surface area contributed by atoms with Gasteiger partial charge in [-0.3, -0.25) is 0 Å². The van der Waals surface area contributed by atoms with Crippen molar-refractivity contribution in [2.45, 2.75) is 104 Å². The zero-order valence-corrected chi connectivity index (χ0v) is 29.1. The molecule has 4 aromatic carbocycles. The van der Waals surface area contributed by atoms with Gasteiger partial charge < -0.3 is 14.8 Å². The van der Waals surface area contributed by atoms with E-state index < -0.39 is 0 Å². The number of rotatable bonds is 14. The van der Waals surface area contributed by atoms with Gasteiger partial charge in [-0.15, -0.1) is 0 Å². The highest BCUT2D eigenvalue weighted by atomic mass is 16.5. The molecule has 0 bridgehead atoms. The summed E-state index contributed by atoms with van der Waals surface area (Å²) in [7, 11) is 0. The van der Waals surface area contributed by atoms with Crippen LogP contribution in [0, 0.1) is 41.5 Å². The average molecular weight is 618 g/mol. The van der Waals surface area contributed by atoms with Gasteiger partial charge in [0, 0.05) is 23.9 Å². The summed E-state index contributed by atoms with van der Waals surface area (Å²) in [5, 5.41) is 4.27. The number of aryl methyl sites for hydroxylation is 6. The predicted octanol–water partition coefficient (Wildman–Crippen LogP) is 10.1. The quantitative estimate of drug-likeness (QED) is 0.153. The Bertz CT molecular complexity index is 1530. The van der Waals surface area contributed by atoms with E-state index in [-0.39, 0.29) is 17.4 Å². The van der Waals surface area contributed by atoms with Gasteiger partial charge in [0.25, 0.3) is 0 Å². The molecule has 4 aromatic rings. The molecular weight excluding hydrogens is 562 g/mol. The minimum absolute atomic E-state index is 0.0430. The second-order valence-electron chi connectivity index (χ2n) is 13.8. The molecule has 3 nitrogen and oxygen atoms in total. The van der Waals surface area contributed by atoms with Crippen molar-refractivity contribution in [2.75, 3.05) is 19.8 Å². The predicted molar refractivity (Wildman–Crippen MR) is 193 cm³/mol. The lowest BCUT2D eigenvalue weighted by Crippen LogP contribution is -2.54. The second kappa shape index (κ2) is 16.0. The summed E-state index contributed by atoms with van der Waals surface area (Å²) in [5.74, 6) is 0.503. The van der Waals surface area contributed by atoms with Crippen molar-refractivity contribution < 1.29 is 9.47 Å². The molecule has 1 N–H and O–H groups in total. The normalized spacial score (nSPS) is 15.9. The Morgan fingerprint density at radius 1 is 0.543 bits per heavy atom. The molecule has 1 aliphatic rings. The summed E-state index contributed by atoms with van der Waals surface area (Å²) in [6.45, 7) is 16.8. The van der Waals surface area contributed by atoms with E-state index in [0.717, 1.165) is 19.4 Å². The fourth-order valence-corrected chi connectivity index (χ4v) is 7.72. The Labute approximate surface area is 278 Å². The monoisotopic (exact) mass is 617 g/mol. The average Bonchev–Trinajstić information content (AvgIpc) is 3.05. The van der Waals surface area contributed by atoms with E-state index in [1.165, 1.54) is 74.9 Å². The van der Waals surface area contributed by atoms with Crippen molar-refractivity contribution >= 4 is 0 Å². The Morgan fingerprint density at radius 3 is 1.52 bits per heavy atom. The lowest BCUT2D eigenvalue weighted by molar-refractivity contribution is 0.0568. The zero-order chi connectivity index (χ0) is 32.5. The second-order valence-corrected chi connectivity index (χ2v) is 13.8.